The first-order valence-corrected chi connectivity index (χ1v) is 6.43. The molecule has 18 heavy (non-hydrogen) atoms. The van der Waals surface area contributed by atoms with E-state index < -0.39 is 0 Å². The monoisotopic (exact) mass is 239 g/mol. The van der Waals surface area contributed by atoms with E-state index >= 15 is 0 Å². The Labute approximate surface area is 107 Å². The molecule has 3 rings (SSSR count). The lowest BCUT2D eigenvalue weighted by atomic mass is 10.1. The maximum absolute atomic E-state index is 4.46. The van der Waals surface area contributed by atoms with Gasteiger partial charge in [-0.2, -0.15) is 0 Å². The Morgan fingerprint density at radius 2 is 1.89 bits per heavy atom. The van der Waals surface area contributed by atoms with E-state index in [1.54, 1.807) is 0 Å². The molecule has 0 unspecified atom stereocenters. The number of aryl methyl sites for hydroxylation is 1. The topological polar surface area (TPSA) is 37.8 Å². The summed E-state index contributed by atoms with van der Waals surface area (Å²) < 4.78 is 0. The first-order valence-electron chi connectivity index (χ1n) is 6.43. The van der Waals surface area contributed by atoms with Crippen LogP contribution in [0.15, 0.2) is 36.7 Å². The Kier molecular flexibility index (Phi) is 3.07. The average Bonchev–Trinajstić information content (AvgIpc) is 3.22. The molecule has 2 aromatic rings. The molecule has 1 aliphatic carbocycles. The highest BCUT2D eigenvalue weighted by Gasteiger charge is 2.19. The van der Waals surface area contributed by atoms with Gasteiger partial charge < -0.3 is 5.32 Å². The number of rotatable bonds is 4. The standard InChI is InChI=1S/C15H17N3/c1-11-4-2-3-5-14(11)15-17-9-12(10-18-15)8-16-13-6-7-13/h2-5,9-10,13,16H,6-8H2,1H3. The molecule has 1 aromatic carbocycles. The Morgan fingerprint density at radius 3 is 2.56 bits per heavy atom. The molecule has 1 fully saturated rings. The number of aromatic nitrogens is 2. The normalized spacial score (nSPS) is 14.7. The van der Waals surface area contributed by atoms with Crippen LogP contribution in [-0.2, 0) is 6.54 Å². The third-order valence-electron chi connectivity index (χ3n) is 3.26. The molecule has 3 nitrogen and oxygen atoms in total. The predicted molar refractivity (Wildman–Crippen MR) is 72.1 cm³/mol. The Balaban J connectivity index is 1.75. The van der Waals surface area contributed by atoms with Crippen LogP contribution in [0.3, 0.4) is 0 Å². The van der Waals surface area contributed by atoms with Gasteiger partial charge in [0.2, 0.25) is 0 Å². The third-order valence-corrected chi connectivity index (χ3v) is 3.26. The number of nitrogens with one attached hydrogen (secondary N) is 1. The zero-order valence-electron chi connectivity index (χ0n) is 10.6. The van der Waals surface area contributed by atoms with Crippen LogP contribution in [0, 0.1) is 6.92 Å². The third kappa shape index (κ3) is 2.57. The summed E-state index contributed by atoms with van der Waals surface area (Å²) in [7, 11) is 0. The van der Waals surface area contributed by atoms with Gasteiger partial charge in [0.25, 0.3) is 0 Å². The molecule has 0 aliphatic heterocycles. The van der Waals surface area contributed by atoms with Crippen LogP contribution in [0.4, 0.5) is 0 Å². The van der Waals surface area contributed by atoms with Gasteiger partial charge in [-0.15, -0.1) is 0 Å². The van der Waals surface area contributed by atoms with Gasteiger partial charge >= 0.3 is 0 Å². The van der Waals surface area contributed by atoms with Crippen molar-refractivity contribution in [2.24, 2.45) is 0 Å². The SMILES string of the molecule is Cc1ccccc1-c1ncc(CNC2CC2)cn1. The largest absolute Gasteiger partial charge is 0.310 e. The Hall–Kier alpha value is -1.74. The summed E-state index contributed by atoms with van der Waals surface area (Å²) in [6, 6.07) is 8.93. The molecule has 1 heterocycles. The van der Waals surface area contributed by atoms with Crippen LogP contribution in [0.5, 0.6) is 0 Å². The van der Waals surface area contributed by atoms with Crippen LogP contribution >= 0.6 is 0 Å². The average molecular weight is 239 g/mol. The second-order valence-corrected chi connectivity index (χ2v) is 4.89. The van der Waals surface area contributed by atoms with E-state index in [1.807, 2.05) is 24.5 Å². The zero-order chi connectivity index (χ0) is 12.4. The molecule has 0 atom stereocenters. The fourth-order valence-corrected chi connectivity index (χ4v) is 1.96. The minimum Gasteiger partial charge on any atom is -0.310 e. The van der Waals surface area contributed by atoms with Gasteiger partial charge in [0, 0.05) is 36.1 Å². The van der Waals surface area contributed by atoms with E-state index in [4.69, 9.17) is 0 Å². The molecule has 1 aliphatic rings. The molecule has 0 amide bonds. The number of hydrogen-bond acceptors (Lipinski definition) is 3. The lowest BCUT2D eigenvalue weighted by molar-refractivity contribution is 0.683. The van der Waals surface area contributed by atoms with Gasteiger partial charge in [-0.05, 0) is 25.3 Å². The molecule has 1 aromatic heterocycles. The summed E-state index contributed by atoms with van der Waals surface area (Å²) in [5.74, 6) is 0.809. The predicted octanol–water partition coefficient (Wildman–Crippen LogP) is 2.70. The minimum absolute atomic E-state index is 0.723. The van der Waals surface area contributed by atoms with E-state index in [1.165, 1.54) is 18.4 Å². The van der Waals surface area contributed by atoms with Crippen molar-refractivity contribution in [1.29, 1.82) is 0 Å². The van der Waals surface area contributed by atoms with Crippen molar-refractivity contribution in [2.45, 2.75) is 32.4 Å². The highest BCUT2D eigenvalue weighted by Crippen LogP contribution is 2.20. The van der Waals surface area contributed by atoms with Gasteiger partial charge in [0.05, 0.1) is 0 Å². The molecule has 0 saturated heterocycles. The van der Waals surface area contributed by atoms with Crippen molar-refractivity contribution in [3.63, 3.8) is 0 Å². The van der Waals surface area contributed by atoms with E-state index in [9.17, 15) is 0 Å². The molecular formula is C15H17N3. The highest BCUT2D eigenvalue weighted by molar-refractivity contribution is 5.59. The maximum atomic E-state index is 4.46. The summed E-state index contributed by atoms with van der Waals surface area (Å²) in [6.07, 6.45) is 6.46. The quantitative estimate of drug-likeness (QED) is 0.891. The van der Waals surface area contributed by atoms with Crippen molar-refractivity contribution >= 4 is 0 Å². The van der Waals surface area contributed by atoms with Crippen LogP contribution in [0.25, 0.3) is 11.4 Å². The van der Waals surface area contributed by atoms with Crippen molar-refractivity contribution < 1.29 is 0 Å². The van der Waals surface area contributed by atoms with E-state index in [2.05, 4.69) is 34.3 Å². The summed E-state index contributed by atoms with van der Waals surface area (Å²) >= 11 is 0. The smallest absolute Gasteiger partial charge is 0.159 e. The van der Waals surface area contributed by atoms with Gasteiger partial charge in [0.1, 0.15) is 0 Å². The van der Waals surface area contributed by atoms with Crippen molar-refractivity contribution in [3.05, 3.63) is 47.8 Å². The zero-order valence-corrected chi connectivity index (χ0v) is 10.6. The summed E-state index contributed by atoms with van der Waals surface area (Å²) in [6.45, 7) is 2.96. The fourth-order valence-electron chi connectivity index (χ4n) is 1.96. The van der Waals surface area contributed by atoms with E-state index in [0.717, 1.165) is 29.5 Å². The van der Waals surface area contributed by atoms with Crippen LogP contribution in [0.1, 0.15) is 24.0 Å². The summed E-state index contributed by atoms with van der Waals surface area (Å²) in [5.41, 5.74) is 3.47. The Morgan fingerprint density at radius 1 is 1.17 bits per heavy atom. The molecule has 0 spiro atoms. The van der Waals surface area contributed by atoms with Gasteiger partial charge in [-0.3, -0.25) is 0 Å². The molecule has 3 heteroatoms. The molecule has 0 bridgehead atoms. The van der Waals surface area contributed by atoms with Crippen molar-refractivity contribution in [3.8, 4) is 11.4 Å². The molecule has 0 radical (unpaired) electrons. The minimum atomic E-state index is 0.723. The first-order chi connectivity index (χ1) is 8.83. The Bertz CT molecular complexity index is 530. The second-order valence-electron chi connectivity index (χ2n) is 4.89. The van der Waals surface area contributed by atoms with Crippen LogP contribution in [-0.4, -0.2) is 16.0 Å². The van der Waals surface area contributed by atoms with Crippen molar-refractivity contribution in [2.75, 3.05) is 0 Å². The first kappa shape index (κ1) is 11.4. The van der Waals surface area contributed by atoms with E-state index in [0.29, 0.717) is 0 Å². The highest BCUT2D eigenvalue weighted by atomic mass is 15.0. The molecule has 1 saturated carbocycles. The maximum Gasteiger partial charge on any atom is 0.159 e. The number of nitrogens with zero attached hydrogens (tertiary/aromatic N) is 2. The summed E-state index contributed by atoms with van der Waals surface area (Å²) in [4.78, 5) is 8.91. The lowest BCUT2D eigenvalue weighted by Gasteiger charge is -2.05. The van der Waals surface area contributed by atoms with Gasteiger partial charge in [0.15, 0.2) is 5.82 Å². The molecule has 1 N–H and O–H groups in total. The lowest BCUT2D eigenvalue weighted by Crippen LogP contribution is -2.15. The number of benzene rings is 1. The van der Waals surface area contributed by atoms with Gasteiger partial charge in [-0.25, -0.2) is 9.97 Å². The summed E-state index contributed by atoms with van der Waals surface area (Å²) in [5, 5.41) is 3.46. The number of hydrogen-bond donors (Lipinski definition) is 1. The van der Waals surface area contributed by atoms with Crippen LogP contribution in [0.2, 0.25) is 0 Å². The van der Waals surface area contributed by atoms with Crippen LogP contribution < -0.4 is 5.32 Å². The van der Waals surface area contributed by atoms with Crippen molar-refractivity contribution in [1.82, 2.24) is 15.3 Å². The van der Waals surface area contributed by atoms with E-state index in [-0.39, 0.29) is 0 Å². The molecular weight excluding hydrogens is 222 g/mol. The molecule has 92 valence electrons. The fraction of sp³-hybridized carbons (Fsp3) is 0.333. The van der Waals surface area contributed by atoms with Gasteiger partial charge in [-0.1, -0.05) is 24.3 Å². The second kappa shape index (κ2) is 4.86.